The van der Waals surface area contributed by atoms with Crippen LogP contribution in [0.2, 0.25) is 0 Å². The summed E-state index contributed by atoms with van der Waals surface area (Å²) in [4.78, 5) is 0. The van der Waals surface area contributed by atoms with Crippen LogP contribution in [-0.4, -0.2) is 6.54 Å². The fraction of sp³-hybridized carbons (Fsp3) is 0.538. The van der Waals surface area contributed by atoms with Gasteiger partial charge in [-0.15, -0.1) is 0 Å². The molecule has 0 aliphatic heterocycles. The lowest BCUT2D eigenvalue weighted by Crippen LogP contribution is -2.21. The molecule has 0 saturated heterocycles. The molecule has 0 aromatic heterocycles. The zero-order valence-electron chi connectivity index (χ0n) is 9.89. The van der Waals surface area contributed by atoms with Crippen molar-refractivity contribution in [3.8, 4) is 0 Å². The monoisotopic (exact) mass is 347 g/mol. The summed E-state index contributed by atoms with van der Waals surface area (Å²) in [7, 11) is 0. The fourth-order valence-corrected chi connectivity index (χ4v) is 2.71. The van der Waals surface area contributed by atoms with Crippen LogP contribution in [0.25, 0.3) is 0 Å². The predicted octanol–water partition coefficient (Wildman–Crippen LogP) is 5.05. The van der Waals surface area contributed by atoms with Gasteiger partial charge in [0.1, 0.15) is 0 Å². The van der Waals surface area contributed by atoms with Crippen molar-refractivity contribution in [1.29, 1.82) is 0 Å². The molecule has 0 radical (unpaired) electrons. The average Bonchev–Trinajstić information content (AvgIpc) is 2.28. The molecule has 0 amide bonds. The first-order chi connectivity index (χ1) is 7.69. The molecule has 0 bridgehead atoms. The van der Waals surface area contributed by atoms with Gasteiger partial charge < -0.3 is 5.32 Å². The van der Waals surface area contributed by atoms with Crippen LogP contribution >= 0.6 is 31.9 Å². The molecule has 0 heterocycles. The van der Waals surface area contributed by atoms with Crippen molar-refractivity contribution in [3.63, 3.8) is 0 Å². The van der Waals surface area contributed by atoms with E-state index in [1.54, 1.807) is 0 Å². The maximum atomic E-state index is 3.63. The Morgan fingerprint density at radius 3 is 2.62 bits per heavy atom. The normalized spacial score (nSPS) is 12.8. The Morgan fingerprint density at radius 2 is 2.00 bits per heavy atom. The van der Waals surface area contributed by atoms with Crippen LogP contribution in [0, 0.1) is 0 Å². The summed E-state index contributed by atoms with van der Waals surface area (Å²) in [6, 6.07) is 6.83. The minimum Gasteiger partial charge on any atom is -0.310 e. The molecule has 0 spiro atoms. The van der Waals surface area contributed by atoms with Gasteiger partial charge in [-0.3, -0.25) is 0 Å². The van der Waals surface area contributed by atoms with Gasteiger partial charge in [0.05, 0.1) is 0 Å². The van der Waals surface area contributed by atoms with Gasteiger partial charge in [0.25, 0.3) is 0 Å². The van der Waals surface area contributed by atoms with E-state index in [1.165, 1.54) is 29.3 Å². The molecule has 16 heavy (non-hydrogen) atoms. The minimum atomic E-state index is 0.455. The Morgan fingerprint density at radius 1 is 1.25 bits per heavy atom. The lowest BCUT2D eigenvalue weighted by Gasteiger charge is -2.19. The Bertz CT molecular complexity index is 326. The zero-order valence-corrected chi connectivity index (χ0v) is 13.1. The van der Waals surface area contributed by atoms with Crippen LogP contribution in [0.1, 0.15) is 44.7 Å². The van der Waals surface area contributed by atoms with Crippen LogP contribution in [-0.2, 0) is 0 Å². The molecule has 1 aromatic carbocycles. The highest BCUT2D eigenvalue weighted by Crippen LogP contribution is 2.29. The Balaban J connectivity index is 2.85. The second-order valence-corrected chi connectivity index (χ2v) is 5.69. The number of halogens is 2. The molecule has 1 N–H and O–H groups in total. The summed E-state index contributed by atoms with van der Waals surface area (Å²) in [6.07, 6.45) is 3.70. The number of rotatable bonds is 6. The molecule has 1 nitrogen and oxygen atoms in total. The smallest absolute Gasteiger partial charge is 0.0331 e. The van der Waals surface area contributed by atoms with Crippen LogP contribution in [0.4, 0.5) is 0 Å². The van der Waals surface area contributed by atoms with Crippen molar-refractivity contribution in [3.05, 3.63) is 32.7 Å². The van der Waals surface area contributed by atoms with E-state index in [2.05, 4.69) is 69.2 Å². The summed E-state index contributed by atoms with van der Waals surface area (Å²) in [6.45, 7) is 5.40. The maximum absolute atomic E-state index is 3.63. The second kappa shape index (κ2) is 7.46. The molecular weight excluding hydrogens is 330 g/mol. The average molecular weight is 349 g/mol. The van der Waals surface area contributed by atoms with E-state index >= 15 is 0 Å². The van der Waals surface area contributed by atoms with Gasteiger partial charge >= 0.3 is 0 Å². The first-order valence-corrected chi connectivity index (χ1v) is 7.46. The van der Waals surface area contributed by atoms with Crippen molar-refractivity contribution in [2.75, 3.05) is 6.54 Å². The SMILES string of the molecule is CCCCC(NCC)c1cc(Br)ccc1Br. The topological polar surface area (TPSA) is 12.0 Å². The van der Waals surface area contributed by atoms with E-state index in [0.29, 0.717) is 6.04 Å². The van der Waals surface area contributed by atoms with Gasteiger partial charge in [0.15, 0.2) is 0 Å². The van der Waals surface area contributed by atoms with E-state index in [9.17, 15) is 0 Å². The van der Waals surface area contributed by atoms with Gasteiger partial charge in [0.2, 0.25) is 0 Å². The van der Waals surface area contributed by atoms with Gasteiger partial charge in [-0.2, -0.15) is 0 Å². The molecule has 1 rings (SSSR count). The third-order valence-electron chi connectivity index (χ3n) is 2.63. The molecule has 1 aromatic rings. The minimum absolute atomic E-state index is 0.455. The van der Waals surface area contributed by atoms with E-state index in [0.717, 1.165) is 11.0 Å². The van der Waals surface area contributed by atoms with E-state index in [-0.39, 0.29) is 0 Å². The van der Waals surface area contributed by atoms with E-state index in [1.807, 2.05) is 0 Å². The zero-order chi connectivity index (χ0) is 12.0. The highest BCUT2D eigenvalue weighted by molar-refractivity contribution is 9.11. The fourth-order valence-electron chi connectivity index (χ4n) is 1.80. The quantitative estimate of drug-likeness (QED) is 0.758. The van der Waals surface area contributed by atoms with Gasteiger partial charge in [-0.25, -0.2) is 0 Å². The third-order valence-corrected chi connectivity index (χ3v) is 3.85. The van der Waals surface area contributed by atoms with E-state index in [4.69, 9.17) is 0 Å². The highest BCUT2D eigenvalue weighted by Gasteiger charge is 2.13. The van der Waals surface area contributed by atoms with Crippen LogP contribution in [0.3, 0.4) is 0 Å². The summed E-state index contributed by atoms with van der Waals surface area (Å²) < 4.78 is 2.34. The molecule has 1 atom stereocenters. The molecule has 0 fully saturated rings. The number of unbranched alkanes of at least 4 members (excludes halogenated alkanes) is 1. The van der Waals surface area contributed by atoms with Crippen LogP contribution in [0.15, 0.2) is 27.1 Å². The number of hydrogen-bond donors (Lipinski definition) is 1. The van der Waals surface area contributed by atoms with Crippen LogP contribution in [0.5, 0.6) is 0 Å². The number of benzene rings is 1. The maximum Gasteiger partial charge on any atom is 0.0331 e. The van der Waals surface area contributed by atoms with Crippen molar-refractivity contribution < 1.29 is 0 Å². The molecule has 0 aliphatic carbocycles. The Kier molecular flexibility index (Phi) is 6.62. The van der Waals surface area contributed by atoms with Gasteiger partial charge in [-0.05, 0) is 36.7 Å². The molecule has 1 unspecified atom stereocenters. The summed E-state index contributed by atoms with van der Waals surface area (Å²) in [5.74, 6) is 0. The number of hydrogen-bond acceptors (Lipinski definition) is 1. The lowest BCUT2D eigenvalue weighted by atomic mass is 10.0. The molecular formula is C13H19Br2N. The summed E-state index contributed by atoms with van der Waals surface area (Å²) in [5.41, 5.74) is 1.35. The number of nitrogens with one attached hydrogen (secondary N) is 1. The van der Waals surface area contributed by atoms with Crippen molar-refractivity contribution >= 4 is 31.9 Å². The Labute approximate surface area is 115 Å². The second-order valence-electron chi connectivity index (χ2n) is 3.92. The van der Waals surface area contributed by atoms with Crippen molar-refractivity contribution in [1.82, 2.24) is 5.32 Å². The standard InChI is InChI=1S/C13H19Br2N/c1-3-5-6-13(16-4-2)11-9-10(14)7-8-12(11)15/h7-9,13,16H,3-6H2,1-2H3. The predicted molar refractivity (Wildman–Crippen MR) is 77.8 cm³/mol. The molecule has 3 heteroatoms. The molecule has 0 aliphatic rings. The first-order valence-electron chi connectivity index (χ1n) is 5.87. The summed E-state index contributed by atoms with van der Waals surface area (Å²) in [5, 5.41) is 3.55. The van der Waals surface area contributed by atoms with Crippen molar-refractivity contribution in [2.24, 2.45) is 0 Å². The highest BCUT2D eigenvalue weighted by atomic mass is 79.9. The van der Waals surface area contributed by atoms with Crippen LogP contribution < -0.4 is 5.32 Å². The third kappa shape index (κ3) is 4.19. The van der Waals surface area contributed by atoms with Gasteiger partial charge in [-0.1, -0.05) is 58.5 Å². The lowest BCUT2D eigenvalue weighted by molar-refractivity contribution is 0.493. The Hall–Kier alpha value is 0.140. The van der Waals surface area contributed by atoms with Gasteiger partial charge in [0, 0.05) is 15.0 Å². The largest absolute Gasteiger partial charge is 0.310 e. The molecule has 0 saturated carbocycles. The first kappa shape index (κ1) is 14.2. The van der Waals surface area contributed by atoms with E-state index < -0.39 is 0 Å². The van der Waals surface area contributed by atoms with Crippen molar-refractivity contribution in [2.45, 2.75) is 39.2 Å². The summed E-state index contributed by atoms with van der Waals surface area (Å²) >= 11 is 7.17. The molecule has 90 valence electrons.